The predicted molar refractivity (Wildman–Crippen MR) is 93.7 cm³/mol. The average Bonchev–Trinajstić information content (AvgIpc) is 2.77. The van der Waals surface area contributed by atoms with Crippen LogP contribution in [0.2, 0.25) is 0 Å². The molecule has 7 atom stereocenters. The Balaban J connectivity index is 1.73. The normalized spacial score (nSPS) is 52.0. The van der Waals surface area contributed by atoms with Gasteiger partial charge in [0.15, 0.2) is 11.4 Å². The molecule has 138 valence electrons. The van der Waals surface area contributed by atoms with Gasteiger partial charge < -0.3 is 10.2 Å². The first-order chi connectivity index (χ1) is 11.6. The summed E-state index contributed by atoms with van der Waals surface area (Å²) in [4.78, 5) is 24.2. The van der Waals surface area contributed by atoms with Crippen LogP contribution in [0.3, 0.4) is 0 Å². The zero-order valence-electron chi connectivity index (χ0n) is 15.5. The molecule has 25 heavy (non-hydrogen) atoms. The van der Waals surface area contributed by atoms with E-state index >= 15 is 0 Å². The first kappa shape index (κ1) is 17.4. The molecule has 4 rings (SSSR count). The van der Waals surface area contributed by atoms with Crippen molar-refractivity contribution in [2.75, 3.05) is 0 Å². The van der Waals surface area contributed by atoms with Gasteiger partial charge in [-0.15, -0.1) is 0 Å². The van der Waals surface area contributed by atoms with Crippen molar-refractivity contribution in [1.29, 1.82) is 0 Å². The standard InChI is InChI=1S/C21H30O4/c1-12(22)21(25)18(24)11-17-15-5-4-13-10-14(23)6-8-19(13,2)16(15)7-9-20(17,21)3/h4,15-18,24-25H,5-11H2,1-3H3/t15-,16+,17+,18-,19+,20+,21-/m1/s1. The number of hydrogen-bond acceptors (Lipinski definition) is 4. The van der Waals surface area contributed by atoms with Crippen LogP contribution in [0.4, 0.5) is 0 Å². The number of rotatable bonds is 1. The van der Waals surface area contributed by atoms with E-state index in [1.54, 1.807) is 0 Å². The molecule has 0 aromatic heterocycles. The summed E-state index contributed by atoms with van der Waals surface area (Å²) >= 11 is 0. The van der Waals surface area contributed by atoms with Crippen LogP contribution in [0, 0.1) is 28.6 Å². The molecular formula is C21H30O4. The van der Waals surface area contributed by atoms with Gasteiger partial charge in [-0.25, -0.2) is 0 Å². The van der Waals surface area contributed by atoms with Gasteiger partial charge in [-0.2, -0.15) is 0 Å². The van der Waals surface area contributed by atoms with Gasteiger partial charge in [0.2, 0.25) is 0 Å². The van der Waals surface area contributed by atoms with Crippen molar-refractivity contribution in [1.82, 2.24) is 0 Å². The summed E-state index contributed by atoms with van der Waals surface area (Å²) in [5, 5.41) is 21.8. The number of aliphatic hydroxyl groups is 2. The molecule has 0 unspecified atom stereocenters. The van der Waals surface area contributed by atoms with Gasteiger partial charge in [0.05, 0.1) is 6.10 Å². The van der Waals surface area contributed by atoms with Crippen molar-refractivity contribution in [3.63, 3.8) is 0 Å². The summed E-state index contributed by atoms with van der Waals surface area (Å²) in [6.45, 7) is 5.74. The zero-order valence-corrected chi connectivity index (χ0v) is 15.5. The molecule has 0 aromatic carbocycles. The molecule has 0 saturated heterocycles. The van der Waals surface area contributed by atoms with Crippen molar-refractivity contribution in [3.8, 4) is 0 Å². The number of ketones is 2. The lowest BCUT2D eigenvalue weighted by Gasteiger charge is -2.58. The average molecular weight is 346 g/mol. The van der Waals surface area contributed by atoms with E-state index in [0.29, 0.717) is 36.9 Å². The summed E-state index contributed by atoms with van der Waals surface area (Å²) in [5.41, 5.74) is -0.782. The second-order valence-electron chi connectivity index (χ2n) is 9.51. The number of aliphatic hydroxyl groups excluding tert-OH is 1. The third-order valence-electron chi connectivity index (χ3n) is 8.69. The van der Waals surface area contributed by atoms with E-state index in [4.69, 9.17) is 0 Å². The van der Waals surface area contributed by atoms with E-state index in [1.165, 1.54) is 12.5 Å². The Kier molecular flexibility index (Phi) is 3.66. The zero-order chi connectivity index (χ0) is 18.2. The Bertz CT molecular complexity index is 667. The maximum atomic E-state index is 12.3. The van der Waals surface area contributed by atoms with Crippen molar-refractivity contribution in [2.45, 2.75) is 77.4 Å². The fourth-order valence-electron chi connectivity index (χ4n) is 7.13. The number of carbonyl (C=O) groups excluding carboxylic acids is 2. The van der Waals surface area contributed by atoms with Gasteiger partial charge in [-0.1, -0.05) is 25.5 Å². The minimum atomic E-state index is -1.62. The molecule has 0 heterocycles. The lowest BCUT2D eigenvalue weighted by molar-refractivity contribution is -0.173. The summed E-state index contributed by atoms with van der Waals surface area (Å²) < 4.78 is 0. The van der Waals surface area contributed by atoms with E-state index in [-0.39, 0.29) is 17.1 Å². The van der Waals surface area contributed by atoms with Crippen LogP contribution in [-0.2, 0) is 9.59 Å². The molecule has 3 saturated carbocycles. The van der Waals surface area contributed by atoms with Gasteiger partial charge in [0, 0.05) is 18.3 Å². The van der Waals surface area contributed by atoms with Crippen LogP contribution in [-0.4, -0.2) is 33.5 Å². The fraction of sp³-hybridized carbons (Fsp3) is 0.810. The number of fused-ring (bicyclic) bond motifs is 5. The molecule has 0 aromatic rings. The van der Waals surface area contributed by atoms with E-state index < -0.39 is 17.1 Å². The summed E-state index contributed by atoms with van der Waals surface area (Å²) in [7, 11) is 0. The third kappa shape index (κ3) is 2.01. The lowest BCUT2D eigenvalue weighted by Crippen LogP contribution is -2.59. The number of hydrogen-bond donors (Lipinski definition) is 2. The Labute approximate surface area is 149 Å². The molecule has 0 amide bonds. The third-order valence-corrected chi connectivity index (χ3v) is 8.69. The fourth-order valence-corrected chi connectivity index (χ4v) is 7.13. The highest BCUT2D eigenvalue weighted by Crippen LogP contribution is 2.67. The molecule has 4 aliphatic carbocycles. The van der Waals surface area contributed by atoms with Crippen molar-refractivity contribution in [2.24, 2.45) is 28.6 Å². The van der Waals surface area contributed by atoms with E-state index in [1.807, 2.05) is 6.92 Å². The Morgan fingerprint density at radius 3 is 2.64 bits per heavy atom. The number of allylic oxidation sites excluding steroid dienone is 2. The molecule has 4 aliphatic rings. The maximum Gasteiger partial charge on any atom is 0.164 e. The van der Waals surface area contributed by atoms with E-state index in [2.05, 4.69) is 13.0 Å². The molecular weight excluding hydrogens is 316 g/mol. The Hall–Kier alpha value is -1.00. The van der Waals surface area contributed by atoms with E-state index in [9.17, 15) is 19.8 Å². The van der Waals surface area contributed by atoms with Crippen molar-refractivity contribution >= 4 is 11.6 Å². The van der Waals surface area contributed by atoms with Crippen molar-refractivity contribution in [3.05, 3.63) is 11.6 Å². The van der Waals surface area contributed by atoms with E-state index in [0.717, 1.165) is 25.7 Å². The van der Waals surface area contributed by atoms with Gasteiger partial charge in [-0.3, -0.25) is 9.59 Å². The first-order valence-corrected chi connectivity index (χ1v) is 9.77. The van der Waals surface area contributed by atoms with Crippen LogP contribution in [0.1, 0.15) is 65.7 Å². The van der Waals surface area contributed by atoms with Crippen molar-refractivity contribution < 1.29 is 19.8 Å². The molecule has 0 spiro atoms. The molecule has 0 radical (unpaired) electrons. The molecule has 3 fully saturated rings. The highest BCUT2D eigenvalue weighted by Gasteiger charge is 2.68. The molecule has 2 N–H and O–H groups in total. The van der Waals surface area contributed by atoms with Crippen LogP contribution >= 0.6 is 0 Å². The molecule has 0 aliphatic heterocycles. The highest BCUT2D eigenvalue weighted by molar-refractivity contribution is 5.87. The molecule has 0 bridgehead atoms. The second kappa shape index (κ2) is 5.26. The number of carbonyl (C=O) groups is 2. The molecule has 4 nitrogen and oxygen atoms in total. The second-order valence-corrected chi connectivity index (χ2v) is 9.51. The van der Waals surface area contributed by atoms with Crippen LogP contribution in [0.5, 0.6) is 0 Å². The first-order valence-electron chi connectivity index (χ1n) is 9.77. The van der Waals surface area contributed by atoms with Crippen LogP contribution in [0.15, 0.2) is 11.6 Å². The minimum absolute atomic E-state index is 0.0695. The lowest BCUT2D eigenvalue weighted by atomic mass is 9.47. The maximum absolute atomic E-state index is 12.3. The van der Waals surface area contributed by atoms with Gasteiger partial charge in [0.25, 0.3) is 0 Å². The quantitative estimate of drug-likeness (QED) is 0.716. The van der Waals surface area contributed by atoms with Gasteiger partial charge >= 0.3 is 0 Å². The van der Waals surface area contributed by atoms with Crippen LogP contribution < -0.4 is 0 Å². The summed E-state index contributed by atoms with van der Waals surface area (Å²) in [6, 6.07) is 0. The van der Waals surface area contributed by atoms with Gasteiger partial charge in [0.1, 0.15) is 5.78 Å². The highest BCUT2D eigenvalue weighted by atomic mass is 16.4. The SMILES string of the molecule is CC(=O)[C@@]1(O)[C@H](O)C[C@H]2[C@@H]3CC=C4CC(=O)CC[C@]4(C)[C@H]3CC[C@@]21C. The largest absolute Gasteiger partial charge is 0.390 e. The Morgan fingerprint density at radius 2 is 1.96 bits per heavy atom. The topological polar surface area (TPSA) is 74.6 Å². The minimum Gasteiger partial charge on any atom is -0.390 e. The predicted octanol–water partition coefficient (Wildman–Crippen LogP) is 2.81. The van der Waals surface area contributed by atoms with Gasteiger partial charge in [-0.05, 0) is 62.2 Å². The smallest absolute Gasteiger partial charge is 0.164 e. The monoisotopic (exact) mass is 346 g/mol. The summed E-state index contributed by atoms with van der Waals surface area (Å²) in [5.74, 6) is 1.07. The number of Topliss-reactive ketones (excluding diaryl/α,β-unsaturated/α-hetero) is 2. The van der Waals surface area contributed by atoms with Crippen LogP contribution in [0.25, 0.3) is 0 Å². The summed E-state index contributed by atoms with van der Waals surface area (Å²) in [6.07, 6.45) is 6.62. The molecule has 4 heteroatoms. The Morgan fingerprint density at radius 1 is 1.24 bits per heavy atom.